The minimum absolute atomic E-state index is 0.897. The van der Waals surface area contributed by atoms with Gasteiger partial charge >= 0.3 is 0 Å². The van der Waals surface area contributed by atoms with E-state index in [0.717, 1.165) is 11.8 Å². The molecule has 0 aromatic heterocycles. The summed E-state index contributed by atoms with van der Waals surface area (Å²) in [5, 5.41) is 0. The number of unbranched alkanes of at least 4 members (excludes halogenated alkanes) is 8. The van der Waals surface area contributed by atoms with Crippen molar-refractivity contribution in [1.82, 2.24) is 0 Å². The van der Waals surface area contributed by atoms with Crippen molar-refractivity contribution in [2.45, 2.75) is 130 Å². The Balaban J connectivity index is 4.00. The van der Waals surface area contributed by atoms with Gasteiger partial charge in [-0.3, -0.25) is 0 Å². The zero-order valence-electron chi connectivity index (χ0n) is 17.0. The average molecular weight is 324 g/mol. The van der Waals surface area contributed by atoms with Crippen LogP contribution in [0.5, 0.6) is 0 Å². The molecule has 0 aromatic carbocycles. The van der Waals surface area contributed by atoms with Gasteiger partial charge in [-0.05, 0) is 18.3 Å². The lowest BCUT2D eigenvalue weighted by atomic mass is 9.83. The number of hydrogen-bond acceptors (Lipinski definition) is 0. The Bertz CT molecular complexity index is 208. The van der Waals surface area contributed by atoms with Crippen molar-refractivity contribution in [2.75, 3.05) is 0 Å². The highest BCUT2D eigenvalue weighted by Crippen LogP contribution is 2.28. The van der Waals surface area contributed by atoms with Gasteiger partial charge in [0, 0.05) is 0 Å². The van der Waals surface area contributed by atoms with Gasteiger partial charge in [-0.1, -0.05) is 130 Å². The van der Waals surface area contributed by atoms with Gasteiger partial charge in [0.1, 0.15) is 0 Å². The van der Waals surface area contributed by atoms with E-state index in [-0.39, 0.29) is 0 Å². The Morgan fingerprint density at radius 1 is 0.435 bits per heavy atom. The molecule has 0 amide bonds. The summed E-state index contributed by atoms with van der Waals surface area (Å²) in [5.74, 6) is 1.79. The molecule has 1 radical (unpaired) electrons. The van der Waals surface area contributed by atoms with Crippen LogP contribution in [0.1, 0.15) is 130 Å². The van der Waals surface area contributed by atoms with Gasteiger partial charge in [-0.25, -0.2) is 0 Å². The molecule has 0 fully saturated rings. The zero-order chi connectivity index (χ0) is 17.2. The van der Waals surface area contributed by atoms with E-state index in [1.165, 1.54) is 103 Å². The standard InChI is InChI=1S/C23H47/c1-5-9-11-13-14-16-20-23(18-8-4)21-22(17-7-3)19-15-12-10-6-2/h21-23H,5-20H2,1-4H3. The summed E-state index contributed by atoms with van der Waals surface area (Å²) in [4.78, 5) is 0. The summed E-state index contributed by atoms with van der Waals surface area (Å²) in [6, 6.07) is 0. The van der Waals surface area contributed by atoms with Crippen LogP contribution in [0.25, 0.3) is 0 Å². The smallest absolute Gasteiger partial charge is 0.0324 e. The largest absolute Gasteiger partial charge is 0.0654 e. The quantitative estimate of drug-likeness (QED) is 0.221. The van der Waals surface area contributed by atoms with Crippen molar-refractivity contribution >= 4 is 0 Å². The minimum atomic E-state index is 0.897. The lowest BCUT2D eigenvalue weighted by Crippen LogP contribution is -2.11. The highest BCUT2D eigenvalue weighted by molar-refractivity contribution is 4.83. The van der Waals surface area contributed by atoms with E-state index in [9.17, 15) is 0 Å². The third-order valence-corrected chi connectivity index (χ3v) is 5.22. The average Bonchev–Trinajstić information content (AvgIpc) is 2.55. The van der Waals surface area contributed by atoms with Gasteiger partial charge in [0.05, 0.1) is 0 Å². The molecule has 0 aliphatic rings. The number of rotatable bonds is 18. The summed E-state index contributed by atoms with van der Waals surface area (Å²) >= 11 is 0. The highest BCUT2D eigenvalue weighted by atomic mass is 14.2. The fourth-order valence-electron chi connectivity index (χ4n) is 3.82. The van der Waals surface area contributed by atoms with Crippen LogP contribution in [0.15, 0.2) is 0 Å². The van der Waals surface area contributed by atoms with Crippen molar-refractivity contribution in [3.05, 3.63) is 6.42 Å². The first-order valence-electron chi connectivity index (χ1n) is 11.1. The second-order valence-corrected chi connectivity index (χ2v) is 7.70. The molecule has 139 valence electrons. The van der Waals surface area contributed by atoms with Crippen LogP contribution in [-0.4, -0.2) is 0 Å². The van der Waals surface area contributed by atoms with Crippen molar-refractivity contribution in [3.8, 4) is 0 Å². The molecule has 2 unspecified atom stereocenters. The molecule has 0 saturated heterocycles. The predicted molar refractivity (Wildman–Crippen MR) is 108 cm³/mol. The van der Waals surface area contributed by atoms with Crippen molar-refractivity contribution in [3.63, 3.8) is 0 Å². The molecule has 0 nitrogen and oxygen atoms in total. The van der Waals surface area contributed by atoms with Gasteiger partial charge in [-0.15, -0.1) is 0 Å². The Morgan fingerprint density at radius 3 is 1.26 bits per heavy atom. The Labute approximate surface area is 149 Å². The Morgan fingerprint density at radius 2 is 0.826 bits per heavy atom. The zero-order valence-corrected chi connectivity index (χ0v) is 17.0. The SMILES string of the molecule is CCCCCCCCC([CH]C(CCC)CCCCCC)CCC. The molecular formula is C23H47. The van der Waals surface area contributed by atoms with Gasteiger partial charge < -0.3 is 0 Å². The van der Waals surface area contributed by atoms with Crippen molar-refractivity contribution in [1.29, 1.82) is 0 Å². The van der Waals surface area contributed by atoms with Gasteiger partial charge in [0.25, 0.3) is 0 Å². The van der Waals surface area contributed by atoms with E-state index in [1.807, 2.05) is 0 Å². The van der Waals surface area contributed by atoms with Gasteiger partial charge in [-0.2, -0.15) is 0 Å². The maximum Gasteiger partial charge on any atom is -0.0324 e. The molecule has 23 heavy (non-hydrogen) atoms. The highest BCUT2D eigenvalue weighted by Gasteiger charge is 2.15. The van der Waals surface area contributed by atoms with Crippen LogP contribution >= 0.6 is 0 Å². The maximum atomic E-state index is 2.78. The molecule has 0 aromatic rings. The van der Waals surface area contributed by atoms with E-state index in [2.05, 4.69) is 34.1 Å². The normalized spacial score (nSPS) is 14.1. The van der Waals surface area contributed by atoms with E-state index in [0.29, 0.717) is 0 Å². The minimum Gasteiger partial charge on any atom is -0.0654 e. The first-order chi connectivity index (χ1) is 11.3. The molecule has 0 heteroatoms. The molecule has 0 spiro atoms. The van der Waals surface area contributed by atoms with Crippen molar-refractivity contribution < 1.29 is 0 Å². The van der Waals surface area contributed by atoms with E-state index in [4.69, 9.17) is 0 Å². The first-order valence-corrected chi connectivity index (χ1v) is 11.1. The second kappa shape index (κ2) is 18.3. The molecule has 0 heterocycles. The molecule has 0 rings (SSSR count). The fraction of sp³-hybridized carbons (Fsp3) is 0.957. The summed E-state index contributed by atoms with van der Waals surface area (Å²) < 4.78 is 0. The van der Waals surface area contributed by atoms with Crippen LogP contribution in [-0.2, 0) is 0 Å². The van der Waals surface area contributed by atoms with Crippen LogP contribution < -0.4 is 0 Å². The molecule has 0 saturated carbocycles. The van der Waals surface area contributed by atoms with Crippen LogP contribution in [0.3, 0.4) is 0 Å². The van der Waals surface area contributed by atoms with Crippen LogP contribution in [0.4, 0.5) is 0 Å². The summed E-state index contributed by atoms with van der Waals surface area (Å²) in [6.45, 7) is 9.33. The van der Waals surface area contributed by atoms with E-state index >= 15 is 0 Å². The number of hydrogen-bond donors (Lipinski definition) is 0. The third kappa shape index (κ3) is 15.3. The monoisotopic (exact) mass is 323 g/mol. The summed E-state index contributed by atoms with van der Waals surface area (Å²) in [6.07, 6.45) is 25.5. The third-order valence-electron chi connectivity index (χ3n) is 5.22. The topological polar surface area (TPSA) is 0 Å². The van der Waals surface area contributed by atoms with Gasteiger partial charge in [0.15, 0.2) is 0 Å². The lowest BCUT2D eigenvalue weighted by molar-refractivity contribution is 0.379. The van der Waals surface area contributed by atoms with Crippen molar-refractivity contribution in [2.24, 2.45) is 11.8 Å². The molecule has 2 atom stereocenters. The first kappa shape index (κ1) is 23.0. The summed E-state index contributed by atoms with van der Waals surface area (Å²) in [7, 11) is 0. The van der Waals surface area contributed by atoms with Crippen LogP contribution in [0.2, 0.25) is 0 Å². The van der Waals surface area contributed by atoms with E-state index < -0.39 is 0 Å². The Hall–Kier alpha value is 0. The fourth-order valence-corrected chi connectivity index (χ4v) is 3.82. The predicted octanol–water partition coefficient (Wildman–Crippen LogP) is 8.74. The molecular weight excluding hydrogens is 276 g/mol. The second-order valence-electron chi connectivity index (χ2n) is 7.70. The van der Waals surface area contributed by atoms with Gasteiger partial charge in [0.2, 0.25) is 0 Å². The summed E-state index contributed by atoms with van der Waals surface area (Å²) in [5.41, 5.74) is 0. The molecule has 0 aliphatic carbocycles. The van der Waals surface area contributed by atoms with Crippen LogP contribution in [0, 0.1) is 18.3 Å². The lowest BCUT2D eigenvalue weighted by Gasteiger charge is -2.23. The maximum absolute atomic E-state index is 2.78. The molecule has 0 bridgehead atoms. The van der Waals surface area contributed by atoms with E-state index in [1.54, 1.807) is 0 Å². The molecule has 0 N–H and O–H groups in total. The molecule has 0 aliphatic heterocycles. The Kier molecular flexibility index (Phi) is 18.3.